The van der Waals surface area contributed by atoms with E-state index >= 15 is 0 Å². The summed E-state index contributed by atoms with van der Waals surface area (Å²) in [7, 11) is 2.73. The minimum absolute atomic E-state index is 0.402. The Kier molecular flexibility index (Phi) is 7.66. The molecule has 2 aromatic rings. The van der Waals surface area contributed by atoms with Crippen molar-refractivity contribution in [2.75, 3.05) is 25.7 Å². The van der Waals surface area contributed by atoms with Crippen LogP contribution in [0.5, 0.6) is 5.75 Å². The molecule has 0 bridgehead atoms. The molecular formula is C20H22BrNO4. The second-order valence-electron chi connectivity index (χ2n) is 5.71. The average Bonchev–Trinajstić information content (AvgIpc) is 2.68. The maximum Gasteiger partial charge on any atom is 0.397 e. The lowest BCUT2D eigenvalue weighted by atomic mass is 10.1. The Morgan fingerprint density at radius 1 is 1.04 bits per heavy atom. The lowest BCUT2D eigenvalue weighted by Crippen LogP contribution is -2.38. The third-order valence-corrected chi connectivity index (χ3v) is 4.47. The molecule has 1 amide bonds. The molecule has 0 saturated heterocycles. The van der Waals surface area contributed by atoms with Gasteiger partial charge in [-0.1, -0.05) is 46.3 Å². The fourth-order valence-corrected chi connectivity index (χ4v) is 2.99. The van der Waals surface area contributed by atoms with Crippen LogP contribution in [-0.2, 0) is 20.7 Å². The summed E-state index contributed by atoms with van der Waals surface area (Å²) in [5.41, 5.74) is 1.80. The fraction of sp³-hybridized carbons (Fsp3) is 0.300. The normalized spacial score (nSPS) is 10.3. The molecule has 0 N–H and O–H groups in total. The maximum absolute atomic E-state index is 12.5. The Bertz CT molecular complexity index is 749. The van der Waals surface area contributed by atoms with Gasteiger partial charge in [-0.3, -0.25) is 9.69 Å². The highest BCUT2D eigenvalue weighted by Crippen LogP contribution is 2.32. The maximum atomic E-state index is 12.5. The summed E-state index contributed by atoms with van der Waals surface area (Å²) in [6.45, 7) is 0.402. The zero-order valence-corrected chi connectivity index (χ0v) is 16.5. The molecule has 5 nitrogen and oxygen atoms in total. The van der Waals surface area contributed by atoms with Gasteiger partial charge >= 0.3 is 11.9 Å². The van der Waals surface area contributed by atoms with E-state index in [-0.39, 0.29) is 0 Å². The number of benzene rings is 2. The highest BCUT2D eigenvalue weighted by molar-refractivity contribution is 9.10. The molecule has 0 atom stereocenters. The van der Waals surface area contributed by atoms with E-state index in [1.807, 2.05) is 18.2 Å². The number of amides is 1. The number of hydrogen-bond acceptors (Lipinski definition) is 4. The van der Waals surface area contributed by atoms with Crippen molar-refractivity contribution >= 4 is 33.5 Å². The first kappa shape index (κ1) is 20.0. The summed E-state index contributed by atoms with van der Waals surface area (Å²) in [6.07, 6.45) is 2.56. The van der Waals surface area contributed by atoms with Crippen molar-refractivity contribution in [1.29, 1.82) is 0 Å². The predicted molar refractivity (Wildman–Crippen MR) is 104 cm³/mol. The minimum atomic E-state index is -0.891. The molecule has 0 saturated carbocycles. The number of anilines is 1. The van der Waals surface area contributed by atoms with E-state index in [0.29, 0.717) is 18.0 Å². The lowest BCUT2D eigenvalue weighted by Gasteiger charge is -2.23. The number of esters is 1. The zero-order chi connectivity index (χ0) is 18.9. The molecular weight excluding hydrogens is 398 g/mol. The van der Waals surface area contributed by atoms with Crippen LogP contribution in [-0.4, -0.2) is 32.6 Å². The van der Waals surface area contributed by atoms with E-state index in [2.05, 4.69) is 32.8 Å². The van der Waals surface area contributed by atoms with Gasteiger partial charge in [-0.15, -0.1) is 0 Å². The molecule has 0 aliphatic heterocycles. The van der Waals surface area contributed by atoms with Crippen LogP contribution in [0.15, 0.2) is 53.0 Å². The van der Waals surface area contributed by atoms with Gasteiger partial charge in [0, 0.05) is 11.0 Å². The SMILES string of the molecule is COC(=O)C(=O)N(CCCCc1ccccc1)c1ccc(Br)cc1OC. The summed E-state index contributed by atoms with van der Waals surface area (Å²) in [5, 5.41) is 0. The monoisotopic (exact) mass is 419 g/mol. The van der Waals surface area contributed by atoms with Gasteiger partial charge in [0.1, 0.15) is 5.75 Å². The van der Waals surface area contributed by atoms with E-state index in [9.17, 15) is 9.59 Å². The largest absolute Gasteiger partial charge is 0.495 e. The quantitative estimate of drug-likeness (QED) is 0.386. The van der Waals surface area contributed by atoms with Crippen molar-refractivity contribution in [2.24, 2.45) is 0 Å². The molecule has 0 heterocycles. The molecule has 0 fully saturated rings. The van der Waals surface area contributed by atoms with Gasteiger partial charge in [-0.2, -0.15) is 0 Å². The third-order valence-electron chi connectivity index (χ3n) is 3.98. The van der Waals surface area contributed by atoms with Crippen molar-refractivity contribution < 1.29 is 19.1 Å². The third kappa shape index (κ3) is 5.33. The smallest absolute Gasteiger partial charge is 0.397 e. The van der Waals surface area contributed by atoms with Crippen molar-refractivity contribution in [1.82, 2.24) is 0 Å². The standard InChI is InChI=1S/C20H22BrNO4/c1-25-18-14-16(21)11-12-17(18)22(19(23)20(24)26-2)13-7-6-10-15-8-4-3-5-9-15/h3-5,8-9,11-12,14H,6-7,10,13H2,1-2H3. The van der Waals surface area contributed by atoms with Gasteiger partial charge in [0.25, 0.3) is 0 Å². The van der Waals surface area contributed by atoms with Crippen LogP contribution in [0.4, 0.5) is 5.69 Å². The predicted octanol–water partition coefficient (Wildman–Crippen LogP) is 3.99. The molecule has 2 rings (SSSR count). The minimum Gasteiger partial charge on any atom is -0.495 e. The Morgan fingerprint density at radius 3 is 2.42 bits per heavy atom. The second kappa shape index (κ2) is 9.97. The van der Waals surface area contributed by atoms with Crippen molar-refractivity contribution in [2.45, 2.75) is 19.3 Å². The van der Waals surface area contributed by atoms with Crippen molar-refractivity contribution in [3.05, 3.63) is 58.6 Å². The summed E-state index contributed by atoms with van der Waals surface area (Å²) >= 11 is 3.38. The number of ether oxygens (including phenoxy) is 2. The van der Waals surface area contributed by atoms with Crippen LogP contribution < -0.4 is 9.64 Å². The number of carbonyl (C=O) groups excluding carboxylic acids is 2. The summed E-state index contributed by atoms with van der Waals surface area (Å²) in [4.78, 5) is 25.7. The van der Waals surface area contributed by atoms with Crippen LogP contribution in [0.25, 0.3) is 0 Å². The van der Waals surface area contributed by atoms with Crippen LogP contribution in [0.1, 0.15) is 18.4 Å². The lowest BCUT2D eigenvalue weighted by molar-refractivity contribution is -0.151. The number of unbranched alkanes of at least 4 members (excludes halogenated alkanes) is 1. The molecule has 0 unspecified atom stereocenters. The number of rotatable bonds is 7. The first-order valence-electron chi connectivity index (χ1n) is 8.34. The van der Waals surface area contributed by atoms with Crippen molar-refractivity contribution in [3.8, 4) is 5.75 Å². The van der Waals surface area contributed by atoms with Gasteiger partial charge in [-0.25, -0.2) is 4.79 Å². The number of hydrogen-bond donors (Lipinski definition) is 0. The molecule has 6 heteroatoms. The molecule has 0 aliphatic carbocycles. The average molecular weight is 420 g/mol. The van der Waals surface area contributed by atoms with Crippen LogP contribution >= 0.6 is 15.9 Å². The topological polar surface area (TPSA) is 55.8 Å². The fourth-order valence-electron chi connectivity index (χ4n) is 2.65. The Balaban J connectivity index is 2.11. The Morgan fingerprint density at radius 2 is 1.77 bits per heavy atom. The highest BCUT2D eigenvalue weighted by Gasteiger charge is 2.26. The van der Waals surface area contributed by atoms with Gasteiger partial charge in [0.05, 0.1) is 19.9 Å². The molecule has 0 aliphatic rings. The Labute approximate surface area is 162 Å². The first-order chi connectivity index (χ1) is 12.6. The Hall–Kier alpha value is -2.34. The zero-order valence-electron chi connectivity index (χ0n) is 14.9. The molecule has 138 valence electrons. The van der Waals surface area contributed by atoms with E-state index in [4.69, 9.17) is 4.74 Å². The molecule has 0 aromatic heterocycles. The summed E-state index contributed by atoms with van der Waals surface area (Å²) in [5.74, 6) is -1.08. The number of nitrogens with zero attached hydrogens (tertiary/aromatic N) is 1. The van der Waals surface area contributed by atoms with Gasteiger partial charge in [0.2, 0.25) is 0 Å². The van der Waals surface area contributed by atoms with Crippen LogP contribution in [0, 0.1) is 0 Å². The molecule has 26 heavy (non-hydrogen) atoms. The molecule has 0 radical (unpaired) electrons. The number of carbonyl (C=O) groups is 2. The van der Waals surface area contributed by atoms with E-state index in [1.165, 1.54) is 24.7 Å². The number of methoxy groups -OCH3 is 2. The number of halogens is 1. The van der Waals surface area contributed by atoms with E-state index in [1.54, 1.807) is 18.2 Å². The molecule has 0 spiro atoms. The van der Waals surface area contributed by atoms with Gasteiger partial charge in [-0.05, 0) is 43.0 Å². The van der Waals surface area contributed by atoms with E-state index in [0.717, 1.165) is 23.7 Å². The van der Waals surface area contributed by atoms with Crippen LogP contribution in [0.3, 0.4) is 0 Å². The van der Waals surface area contributed by atoms with Gasteiger partial charge < -0.3 is 9.47 Å². The highest BCUT2D eigenvalue weighted by atomic mass is 79.9. The van der Waals surface area contributed by atoms with Crippen molar-refractivity contribution in [3.63, 3.8) is 0 Å². The first-order valence-corrected chi connectivity index (χ1v) is 9.13. The van der Waals surface area contributed by atoms with E-state index < -0.39 is 11.9 Å². The van der Waals surface area contributed by atoms with Crippen LogP contribution in [0.2, 0.25) is 0 Å². The van der Waals surface area contributed by atoms with Gasteiger partial charge in [0.15, 0.2) is 0 Å². The molecule has 2 aromatic carbocycles. The number of aryl methyl sites for hydroxylation is 1. The summed E-state index contributed by atoms with van der Waals surface area (Å²) in [6, 6.07) is 15.5. The summed E-state index contributed by atoms with van der Waals surface area (Å²) < 4.78 is 10.8. The second-order valence-corrected chi connectivity index (χ2v) is 6.62.